The van der Waals surface area contributed by atoms with Crippen LogP contribution in [-0.2, 0) is 4.79 Å². The van der Waals surface area contributed by atoms with Gasteiger partial charge < -0.3 is 20.4 Å². The lowest BCUT2D eigenvalue weighted by atomic mass is 10.3. The first kappa shape index (κ1) is 12.7. The lowest BCUT2D eigenvalue weighted by molar-refractivity contribution is -0.140. The molecule has 0 saturated carbocycles. The summed E-state index contributed by atoms with van der Waals surface area (Å²) in [5, 5.41) is 19.4. The smallest absolute Gasteiger partial charge is 0.328 e. The fraction of sp³-hybridized carbons (Fsp3) is 0.750. The predicted octanol–water partition coefficient (Wildman–Crippen LogP) is -0.517. The quantitative estimate of drug-likeness (QED) is 0.562. The molecule has 3 N–H and O–H groups in total. The number of rotatable bonds is 5. The van der Waals surface area contributed by atoms with Crippen LogP contribution < -0.4 is 5.32 Å². The number of aliphatic carboxylic acids is 1. The SMILES string of the molecule is CCN(CC)C(=O)N[C@H](CO)C(=O)O. The third kappa shape index (κ3) is 3.61. The molecule has 0 aliphatic carbocycles. The number of aliphatic hydroxyl groups excluding tert-OH is 1. The zero-order valence-electron chi connectivity index (χ0n) is 8.36. The Morgan fingerprint density at radius 2 is 1.86 bits per heavy atom. The van der Waals surface area contributed by atoms with Crippen LogP contribution in [0.15, 0.2) is 0 Å². The summed E-state index contributed by atoms with van der Waals surface area (Å²) >= 11 is 0. The van der Waals surface area contributed by atoms with Crippen molar-refractivity contribution < 1.29 is 19.8 Å². The standard InChI is InChI=1S/C8H16N2O4/c1-3-10(4-2)8(14)9-6(5-11)7(12)13/h6,11H,3-5H2,1-2H3,(H,9,14)(H,12,13)/t6-/m1/s1. The molecule has 6 nitrogen and oxygen atoms in total. The van der Waals surface area contributed by atoms with Gasteiger partial charge in [-0.2, -0.15) is 0 Å². The molecule has 0 aromatic carbocycles. The summed E-state index contributed by atoms with van der Waals surface area (Å²) in [6.07, 6.45) is 0. The number of nitrogens with one attached hydrogen (secondary N) is 1. The number of nitrogens with zero attached hydrogens (tertiary/aromatic N) is 1. The monoisotopic (exact) mass is 204 g/mol. The Hall–Kier alpha value is -1.30. The van der Waals surface area contributed by atoms with E-state index in [1.807, 2.05) is 0 Å². The molecule has 0 radical (unpaired) electrons. The number of amides is 2. The van der Waals surface area contributed by atoms with Gasteiger partial charge in [-0.15, -0.1) is 0 Å². The first-order valence-electron chi connectivity index (χ1n) is 4.45. The second kappa shape index (κ2) is 6.20. The van der Waals surface area contributed by atoms with E-state index in [4.69, 9.17) is 10.2 Å². The van der Waals surface area contributed by atoms with Crippen LogP contribution in [0.2, 0.25) is 0 Å². The third-order valence-corrected chi connectivity index (χ3v) is 1.83. The van der Waals surface area contributed by atoms with Gasteiger partial charge >= 0.3 is 12.0 Å². The zero-order chi connectivity index (χ0) is 11.1. The number of carbonyl (C=O) groups excluding carboxylic acids is 1. The molecule has 0 heterocycles. The summed E-state index contributed by atoms with van der Waals surface area (Å²) in [6, 6.07) is -1.71. The minimum Gasteiger partial charge on any atom is -0.480 e. The first-order chi connectivity index (χ1) is 6.56. The summed E-state index contributed by atoms with van der Waals surface area (Å²) in [5.41, 5.74) is 0. The Labute approximate surface area is 82.5 Å². The van der Waals surface area contributed by atoms with E-state index in [1.165, 1.54) is 4.90 Å². The molecule has 0 aromatic rings. The Morgan fingerprint density at radius 1 is 1.36 bits per heavy atom. The Bertz CT molecular complexity index is 204. The minimum atomic E-state index is -1.24. The fourth-order valence-corrected chi connectivity index (χ4v) is 0.937. The highest BCUT2D eigenvalue weighted by atomic mass is 16.4. The topological polar surface area (TPSA) is 89.9 Å². The molecule has 0 unspecified atom stereocenters. The maximum absolute atomic E-state index is 11.3. The van der Waals surface area contributed by atoms with E-state index < -0.39 is 24.6 Å². The molecule has 0 bridgehead atoms. The van der Waals surface area contributed by atoms with Crippen molar-refractivity contribution in [2.45, 2.75) is 19.9 Å². The molecule has 82 valence electrons. The van der Waals surface area contributed by atoms with Crippen LogP contribution in [0.25, 0.3) is 0 Å². The van der Waals surface area contributed by atoms with E-state index in [1.54, 1.807) is 13.8 Å². The Balaban J connectivity index is 4.20. The van der Waals surface area contributed by atoms with Crippen molar-refractivity contribution in [2.75, 3.05) is 19.7 Å². The van der Waals surface area contributed by atoms with E-state index in [9.17, 15) is 9.59 Å². The molecule has 14 heavy (non-hydrogen) atoms. The Morgan fingerprint density at radius 3 is 2.14 bits per heavy atom. The van der Waals surface area contributed by atoms with E-state index in [0.29, 0.717) is 13.1 Å². The van der Waals surface area contributed by atoms with Crippen molar-refractivity contribution in [1.82, 2.24) is 10.2 Å². The molecule has 0 aromatic heterocycles. The normalized spacial score (nSPS) is 11.9. The molecular weight excluding hydrogens is 188 g/mol. The van der Waals surface area contributed by atoms with E-state index in [-0.39, 0.29) is 0 Å². The summed E-state index contributed by atoms with van der Waals surface area (Å²) in [7, 11) is 0. The van der Waals surface area contributed by atoms with Crippen LogP contribution in [-0.4, -0.2) is 52.9 Å². The number of hydrogen-bond acceptors (Lipinski definition) is 3. The number of urea groups is 1. The molecule has 1 atom stereocenters. The molecule has 0 spiro atoms. The van der Waals surface area contributed by atoms with Crippen LogP contribution in [0, 0.1) is 0 Å². The van der Waals surface area contributed by atoms with Crippen LogP contribution in [0.1, 0.15) is 13.8 Å². The maximum atomic E-state index is 11.3. The second-order valence-corrected chi connectivity index (χ2v) is 2.70. The van der Waals surface area contributed by atoms with Crippen LogP contribution in [0.3, 0.4) is 0 Å². The molecule has 0 rings (SSSR count). The molecule has 2 amide bonds. The van der Waals surface area contributed by atoms with Gasteiger partial charge in [0, 0.05) is 13.1 Å². The van der Waals surface area contributed by atoms with Gasteiger partial charge in [-0.05, 0) is 13.8 Å². The zero-order valence-corrected chi connectivity index (χ0v) is 8.36. The van der Waals surface area contributed by atoms with Crippen molar-refractivity contribution in [3.8, 4) is 0 Å². The lowest BCUT2D eigenvalue weighted by Gasteiger charge is -2.21. The molecule has 0 aliphatic heterocycles. The number of carbonyl (C=O) groups is 2. The average molecular weight is 204 g/mol. The highest BCUT2D eigenvalue weighted by Crippen LogP contribution is 1.91. The highest BCUT2D eigenvalue weighted by Gasteiger charge is 2.20. The minimum absolute atomic E-state index is 0.476. The fourth-order valence-electron chi connectivity index (χ4n) is 0.937. The number of hydrogen-bond donors (Lipinski definition) is 3. The lowest BCUT2D eigenvalue weighted by Crippen LogP contribution is -2.49. The van der Waals surface area contributed by atoms with Crippen LogP contribution >= 0.6 is 0 Å². The molecule has 0 aliphatic rings. The van der Waals surface area contributed by atoms with Crippen molar-refractivity contribution in [1.29, 1.82) is 0 Å². The van der Waals surface area contributed by atoms with Gasteiger partial charge in [0.1, 0.15) is 0 Å². The molecule has 0 saturated heterocycles. The summed E-state index contributed by atoms with van der Waals surface area (Å²) < 4.78 is 0. The first-order valence-corrected chi connectivity index (χ1v) is 4.45. The van der Waals surface area contributed by atoms with Gasteiger partial charge in [-0.3, -0.25) is 0 Å². The Kier molecular flexibility index (Phi) is 5.62. The van der Waals surface area contributed by atoms with Crippen molar-refractivity contribution in [3.05, 3.63) is 0 Å². The largest absolute Gasteiger partial charge is 0.480 e. The predicted molar refractivity (Wildman–Crippen MR) is 50.0 cm³/mol. The van der Waals surface area contributed by atoms with Gasteiger partial charge in [-0.1, -0.05) is 0 Å². The third-order valence-electron chi connectivity index (χ3n) is 1.83. The van der Waals surface area contributed by atoms with Gasteiger partial charge in [0.25, 0.3) is 0 Å². The van der Waals surface area contributed by atoms with Crippen LogP contribution in [0.5, 0.6) is 0 Å². The highest BCUT2D eigenvalue weighted by molar-refractivity contribution is 5.82. The van der Waals surface area contributed by atoms with E-state index >= 15 is 0 Å². The average Bonchev–Trinajstić information content (AvgIpc) is 2.15. The van der Waals surface area contributed by atoms with Crippen molar-refractivity contribution in [2.24, 2.45) is 0 Å². The van der Waals surface area contributed by atoms with E-state index in [0.717, 1.165) is 0 Å². The number of carboxylic acid groups (broad SMARTS) is 1. The van der Waals surface area contributed by atoms with Gasteiger partial charge in [0.2, 0.25) is 0 Å². The molecule has 6 heteroatoms. The van der Waals surface area contributed by atoms with Gasteiger partial charge in [0.05, 0.1) is 6.61 Å². The summed E-state index contributed by atoms with van der Waals surface area (Å²) in [4.78, 5) is 23.2. The summed E-state index contributed by atoms with van der Waals surface area (Å²) in [5.74, 6) is -1.24. The molecule has 0 fully saturated rings. The van der Waals surface area contributed by atoms with E-state index in [2.05, 4.69) is 5.32 Å². The van der Waals surface area contributed by atoms with Gasteiger partial charge in [0.15, 0.2) is 6.04 Å². The maximum Gasteiger partial charge on any atom is 0.328 e. The summed E-state index contributed by atoms with van der Waals surface area (Å²) in [6.45, 7) is 3.97. The van der Waals surface area contributed by atoms with Crippen molar-refractivity contribution in [3.63, 3.8) is 0 Å². The van der Waals surface area contributed by atoms with Gasteiger partial charge in [-0.25, -0.2) is 9.59 Å². The second-order valence-electron chi connectivity index (χ2n) is 2.70. The number of aliphatic hydroxyl groups is 1. The number of carboxylic acids is 1. The van der Waals surface area contributed by atoms with Crippen molar-refractivity contribution >= 4 is 12.0 Å². The van der Waals surface area contributed by atoms with Crippen LogP contribution in [0.4, 0.5) is 4.79 Å². The molecular formula is C8H16N2O4.